The predicted octanol–water partition coefficient (Wildman–Crippen LogP) is -0.0948. The molecule has 0 saturated heterocycles. The molecule has 0 unspecified atom stereocenters. The van der Waals surface area contributed by atoms with Gasteiger partial charge in [0.2, 0.25) is 0 Å². The van der Waals surface area contributed by atoms with Crippen molar-refractivity contribution in [2.24, 2.45) is 7.05 Å². The Balaban J connectivity index is 2.45. The second kappa shape index (κ2) is 5.21. The Labute approximate surface area is 110 Å². The molecule has 0 aromatic carbocycles. The summed E-state index contributed by atoms with van der Waals surface area (Å²) in [5, 5.41) is 7.89. The van der Waals surface area contributed by atoms with Gasteiger partial charge in [-0.1, -0.05) is 6.92 Å². The first kappa shape index (κ1) is 13.3. The highest BCUT2D eigenvalue weighted by Crippen LogP contribution is 1.98. The third-order valence-electron chi connectivity index (χ3n) is 3.09. The molecular weight excluding hydrogens is 246 g/mol. The lowest BCUT2D eigenvalue weighted by Crippen LogP contribution is -2.39. The molecule has 2 rings (SSSR count). The minimum Gasteiger partial charge on any atom is -0.317 e. The molecule has 19 heavy (non-hydrogen) atoms. The van der Waals surface area contributed by atoms with E-state index in [2.05, 4.69) is 10.2 Å². The second-order valence-electron chi connectivity index (χ2n) is 4.44. The van der Waals surface area contributed by atoms with E-state index in [1.807, 2.05) is 20.9 Å². The first-order valence-corrected chi connectivity index (χ1v) is 6.19. The maximum Gasteiger partial charge on any atom is 0.331 e. The molecule has 0 atom stereocenters. The number of nitrogens with zero attached hydrogens (tertiary/aromatic N) is 5. The molecule has 0 N–H and O–H groups in total. The van der Waals surface area contributed by atoms with Crippen LogP contribution in [0, 0.1) is 6.92 Å². The minimum atomic E-state index is -0.321. The van der Waals surface area contributed by atoms with Gasteiger partial charge in [0.1, 0.15) is 5.82 Å². The number of aryl methyl sites for hydroxylation is 2. The predicted molar refractivity (Wildman–Crippen MR) is 70.1 cm³/mol. The Bertz CT molecular complexity index is 695. The number of hydrogen-bond donors (Lipinski definition) is 0. The van der Waals surface area contributed by atoms with Gasteiger partial charge in [-0.2, -0.15) is 0 Å². The summed E-state index contributed by atoms with van der Waals surface area (Å²) in [6.07, 6.45) is 2.37. The Morgan fingerprint density at radius 3 is 2.58 bits per heavy atom. The van der Waals surface area contributed by atoms with Crippen LogP contribution in [0.1, 0.15) is 25.0 Å². The fraction of sp³-hybridized carbons (Fsp3) is 0.500. The molecule has 0 amide bonds. The minimum absolute atomic E-state index is 0.138. The number of rotatable bonds is 4. The van der Waals surface area contributed by atoms with Gasteiger partial charge in [-0.25, -0.2) is 4.79 Å². The standard InChI is InChI=1S/C12H17N5O2/c1-4-6-16-7-5-11(18)17(12(16)19)8-10-14-13-9(2)15(10)3/h5,7H,4,6,8H2,1-3H3. The monoisotopic (exact) mass is 263 g/mol. The molecule has 2 aromatic rings. The van der Waals surface area contributed by atoms with Crippen molar-refractivity contribution in [1.29, 1.82) is 0 Å². The van der Waals surface area contributed by atoms with Gasteiger partial charge in [-0.05, 0) is 13.3 Å². The summed E-state index contributed by atoms with van der Waals surface area (Å²) in [5.74, 6) is 1.33. The van der Waals surface area contributed by atoms with Crippen LogP contribution in [0.25, 0.3) is 0 Å². The Kier molecular flexibility index (Phi) is 3.64. The van der Waals surface area contributed by atoms with Crippen LogP contribution in [0.3, 0.4) is 0 Å². The summed E-state index contributed by atoms with van der Waals surface area (Å²) < 4.78 is 4.48. The molecule has 102 valence electrons. The van der Waals surface area contributed by atoms with Gasteiger partial charge in [-0.15, -0.1) is 10.2 Å². The van der Waals surface area contributed by atoms with Gasteiger partial charge in [0.05, 0.1) is 6.54 Å². The van der Waals surface area contributed by atoms with E-state index in [9.17, 15) is 9.59 Å². The first-order chi connectivity index (χ1) is 9.04. The van der Waals surface area contributed by atoms with E-state index >= 15 is 0 Å². The normalized spacial score (nSPS) is 10.9. The molecule has 0 saturated carbocycles. The summed E-state index contributed by atoms with van der Waals surface area (Å²) in [7, 11) is 1.81. The number of aromatic nitrogens is 5. The SMILES string of the molecule is CCCn1ccc(=O)n(Cc2nnc(C)n2C)c1=O. The molecule has 0 aliphatic rings. The Hall–Kier alpha value is -2.18. The highest BCUT2D eigenvalue weighted by Gasteiger charge is 2.10. The highest BCUT2D eigenvalue weighted by atomic mass is 16.2. The van der Waals surface area contributed by atoms with Crippen molar-refractivity contribution < 1.29 is 0 Å². The molecule has 0 spiro atoms. The molecule has 0 aliphatic heterocycles. The average Bonchev–Trinajstić information content (AvgIpc) is 2.70. The van der Waals surface area contributed by atoms with Gasteiger partial charge in [0, 0.05) is 25.9 Å². The van der Waals surface area contributed by atoms with Crippen molar-refractivity contribution in [3.63, 3.8) is 0 Å². The second-order valence-corrected chi connectivity index (χ2v) is 4.44. The van der Waals surface area contributed by atoms with Crippen molar-refractivity contribution in [3.8, 4) is 0 Å². The van der Waals surface area contributed by atoms with Gasteiger partial charge >= 0.3 is 5.69 Å². The average molecular weight is 263 g/mol. The Morgan fingerprint density at radius 2 is 2.00 bits per heavy atom. The van der Waals surface area contributed by atoms with Crippen LogP contribution in [0.4, 0.5) is 0 Å². The highest BCUT2D eigenvalue weighted by molar-refractivity contribution is 4.96. The molecule has 0 aliphatic carbocycles. The fourth-order valence-electron chi connectivity index (χ4n) is 1.84. The largest absolute Gasteiger partial charge is 0.331 e. The molecule has 7 heteroatoms. The van der Waals surface area contributed by atoms with Crippen LogP contribution in [0.5, 0.6) is 0 Å². The zero-order chi connectivity index (χ0) is 14.0. The van der Waals surface area contributed by atoms with Gasteiger partial charge in [-0.3, -0.25) is 9.36 Å². The molecule has 7 nitrogen and oxygen atoms in total. The van der Waals surface area contributed by atoms with Crippen LogP contribution >= 0.6 is 0 Å². The third-order valence-corrected chi connectivity index (χ3v) is 3.09. The van der Waals surface area contributed by atoms with E-state index in [0.717, 1.165) is 12.2 Å². The molecule has 0 bridgehead atoms. The summed E-state index contributed by atoms with van der Waals surface area (Å²) in [5.41, 5.74) is -0.631. The summed E-state index contributed by atoms with van der Waals surface area (Å²) in [6, 6.07) is 1.40. The lowest BCUT2D eigenvalue weighted by Gasteiger charge is -2.08. The van der Waals surface area contributed by atoms with Crippen molar-refractivity contribution in [3.05, 3.63) is 44.8 Å². The van der Waals surface area contributed by atoms with Crippen LogP contribution in [0.2, 0.25) is 0 Å². The smallest absolute Gasteiger partial charge is 0.317 e. The zero-order valence-corrected chi connectivity index (χ0v) is 11.3. The van der Waals surface area contributed by atoms with E-state index in [1.54, 1.807) is 4.57 Å². The molecular formula is C12H17N5O2. The van der Waals surface area contributed by atoms with E-state index in [-0.39, 0.29) is 17.8 Å². The van der Waals surface area contributed by atoms with Gasteiger partial charge in [0.15, 0.2) is 5.82 Å². The topological polar surface area (TPSA) is 74.7 Å². The zero-order valence-electron chi connectivity index (χ0n) is 11.3. The van der Waals surface area contributed by atoms with Crippen LogP contribution in [-0.4, -0.2) is 23.9 Å². The maximum atomic E-state index is 12.2. The van der Waals surface area contributed by atoms with Crippen molar-refractivity contribution in [1.82, 2.24) is 23.9 Å². The third kappa shape index (κ3) is 2.49. The van der Waals surface area contributed by atoms with Crippen molar-refractivity contribution in [2.45, 2.75) is 33.4 Å². The summed E-state index contributed by atoms with van der Waals surface area (Å²) in [4.78, 5) is 24.0. The van der Waals surface area contributed by atoms with Crippen molar-refractivity contribution in [2.75, 3.05) is 0 Å². The Morgan fingerprint density at radius 1 is 1.26 bits per heavy atom. The van der Waals surface area contributed by atoms with Gasteiger partial charge < -0.3 is 9.13 Å². The van der Waals surface area contributed by atoms with E-state index in [1.165, 1.54) is 21.4 Å². The molecule has 2 aromatic heterocycles. The molecule has 0 fully saturated rings. The van der Waals surface area contributed by atoms with Crippen molar-refractivity contribution >= 4 is 0 Å². The first-order valence-electron chi connectivity index (χ1n) is 6.19. The van der Waals surface area contributed by atoms with E-state index in [0.29, 0.717) is 12.4 Å². The van der Waals surface area contributed by atoms with Crippen LogP contribution < -0.4 is 11.2 Å². The molecule has 2 heterocycles. The summed E-state index contributed by atoms with van der Waals surface area (Å²) >= 11 is 0. The van der Waals surface area contributed by atoms with Gasteiger partial charge in [0.25, 0.3) is 5.56 Å². The lowest BCUT2D eigenvalue weighted by atomic mass is 10.4. The van der Waals surface area contributed by atoms with E-state index < -0.39 is 0 Å². The van der Waals surface area contributed by atoms with E-state index in [4.69, 9.17) is 0 Å². The lowest BCUT2D eigenvalue weighted by molar-refractivity contribution is 0.555. The summed E-state index contributed by atoms with van der Waals surface area (Å²) in [6.45, 7) is 4.53. The fourth-order valence-corrected chi connectivity index (χ4v) is 1.84. The number of hydrogen-bond acceptors (Lipinski definition) is 4. The quantitative estimate of drug-likeness (QED) is 0.772. The molecule has 0 radical (unpaired) electrons. The van der Waals surface area contributed by atoms with Crippen LogP contribution in [0.15, 0.2) is 21.9 Å². The van der Waals surface area contributed by atoms with Crippen LogP contribution in [-0.2, 0) is 20.1 Å². The maximum absolute atomic E-state index is 12.2.